The van der Waals surface area contributed by atoms with Crippen molar-refractivity contribution in [2.24, 2.45) is 0 Å². The smallest absolute Gasteiger partial charge is 0.181 e. The standard InChI is InChI=1S/C7H14O6/c8-2-5(11)6-3(9)1-4(10)7(12)13-6/h3-12H,1-2H2/t3-,4-,5-,6+,7+/m1/s1. The summed E-state index contributed by atoms with van der Waals surface area (Å²) in [5.41, 5.74) is 0. The first kappa shape index (κ1) is 10.8. The van der Waals surface area contributed by atoms with Gasteiger partial charge in [-0.25, -0.2) is 0 Å². The molecular formula is C7H14O6. The molecule has 0 aromatic heterocycles. The molecule has 0 saturated carbocycles. The van der Waals surface area contributed by atoms with Crippen LogP contribution in [-0.4, -0.2) is 62.8 Å². The number of hydrogen-bond donors (Lipinski definition) is 5. The fourth-order valence-electron chi connectivity index (χ4n) is 1.29. The van der Waals surface area contributed by atoms with Gasteiger partial charge in [0.05, 0.1) is 12.7 Å². The molecule has 78 valence electrons. The lowest BCUT2D eigenvalue weighted by molar-refractivity contribution is -0.266. The number of ether oxygens (including phenoxy) is 1. The molecule has 0 amide bonds. The normalized spacial score (nSPS) is 43.2. The lowest BCUT2D eigenvalue weighted by Gasteiger charge is -2.36. The van der Waals surface area contributed by atoms with Gasteiger partial charge in [0.1, 0.15) is 18.3 Å². The molecule has 0 bridgehead atoms. The molecule has 13 heavy (non-hydrogen) atoms. The van der Waals surface area contributed by atoms with Gasteiger partial charge in [0.2, 0.25) is 0 Å². The molecule has 0 unspecified atom stereocenters. The molecule has 1 heterocycles. The largest absolute Gasteiger partial charge is 0.394 e. The van der Waals surface area contributed by atoms with Crippen molar-refractivity contribution in [3.63, 3.8) is 0 Å². The van der Waals surface area contributed by atoms with Crippen LogP contribution in [0.2, 0.25) is 0 Å². The second kappa shape index (κ2) is 4.32. The Morgan fingerprint density at radius 1 is 1.23 bits per heavy atom. The van der Waals surface area contributed by atoms with Crippen molar-refractivity contribution in [1.29, 1.82) is 0 Å². The minimum atomic E-state index is -1.42. The number of aliphatic hydroxyl groups excluding tert-OH is 5. The second-order valence-electron chi connectivity index (χ2n) is 3.11. The summed E-state index contributed by atoms with van der Waals surface area (Å²) in [5, 5.41) is 45.1. The third-order valence-corrected chi connectivity index (χ3v) is 2.05. The number of aliphatic hydroxyl groups is 5. The third-order valence-electron chi connectivity index (χ3n) is 2.05. The van der Waals surface area contributed by atoms with Gasteiger partial charge in [0.15, 0.2) is 6.29 Å². The third kappa shape index (κ3) is 2.37. The zero-order valence-corrected chi connectivity index (χ0v) is 6.95. The van der Waals surface area contributed by atoms with Crippen molar-refractivity contribution in [2.75, 3.05) is 6.61 Å². The summed E-state index contributed by atoms with van der Waals surface area (Å²) >= 11 is 0. The minimum Gasteiger partial charge on any atom is -0.394 e. The van der Waals surface area contributed by atoms with Gasteiger partial charge in [-0.3, -0.25) is 0 Å². The maximum atomic E-state index is 9.29. The zero-order chi connectivity index (χ0) is 10.0. The molecule has 5 atom stereocenters. The molecule has 1 fully saturated rings. The topological polar surface area (TPSA) is 110 Å². The zero-order valence-electron chi connectivity index (χ0n) is 6.95. The molecule has 0 spiro atoms. The molecule has 5 N–H and O–H groups in total. The first-order chi connectivity index (χ1) is 6.06. The molecular weight excluding hydrogens is 180 g/mol. The van der Waals surface area contributed by atoms with Crippen molar-refractivity contribution < 1.29 is 30.3 Å². The Labute approximate surface area is 75.0 Å². The van der Waals surface area contributed by atoms with Crippen LogP contribution in [0.4, 0.5) is 0 Å². The average molecular weight is 194 g/mol. The van der Waals surface area contributed by atoms with Crippen molar-refractivity contribution in [2.45, 2.75) is 37.1 Å². The summed E-state index contributed by atoms with van der Waals surface area (Å²) in [6.45, 7) is -0.565. The molecule has 1 rings (SSSR count). The quantitative estimate of drug-likeness (QED) is 0.324. The summed E-state index contributed by atoms with van der Waals surface area (Å²) in [6.07, 6.45) is -6.05. The summed E-state index contributed by atoms with van der Waals surface area (Å²) in [5.74, 6) is 0. The van der Waals surface area contributed by atoms with Gasteiger partial charge >= 0.3 is 0 Å². The molecule has 1 aliphatic rings. The van der Waals surface area contributed by atoms with Gasteiger partial charge in [-0.15, -0.1) is 0 Å². The Balaban J connectivity index is 2.55. The number of rotatable bonds is 2. The fraction of sp³-hybridized carbons (Fsp3) is 1.00. The fourth-order valence-corrected chi connectivity index (χ4v) is 1.29. The highest BCUT2D eigenvalue weighted by Crippen LogP contribution is 2.21. The number of hydrogen-bond acceptors (Lipinski definition) is 6. The van der Waals surface area contributed by atoms with Crippen molar-refractivity contribution in [3.05, 3.63) is 0 Å². The molecule has 1 saturated heterocycles. The lowest BCUT2D eigenvalue weighted by Crippen LogP contribution is -2.52. The van der Waals surface area contributed by atoms with E-state index in [1.54, 1.807) is 0 Å². The van der Waals surface area contributed by atoms with Crippen LogP contribution in [0.1, 0.15) is 6.42 Å². The SMILES string of the molecule is OC[C@@H](O)[C@H]1O[C@H](O)[C@H](O)C[C@H]1O. The van der Waals surface area contributed by atoms with Gasteiger partial charge in [0.25, 0.3) is 0 Å². The first-order valence-electron chi connectivity index (χ1n) is 4.05. The van der Waals surface area contributed by atoms with Crippen LogP contribution in [-0.2, 0) is 4.74 Å². The Morgan fingerprint density at radius 2 is 1.85 bits per heavy atom. The first-order valence-corrected chi connectivity index (χ1v) is 4.05. The summed E-state index contributed by atoms with van der Waals surface area (Å²) in [7, 11) is 0. The summed E-state index contributed by atoms with van der Waals surface area (Å²) in [4.78, 5) is 0. The predicted octanol–water partition coefficient (Wildman–Crippen LogP) is -2.83. The van der Waals surface area contributed by atoms with E-state index in [-0.39, 0.29) is 6.42 Å². The summed E-state index contributed by atoms with van der Waals surface area (Å²) < 4.78 is 4.71. The van der Waals surface area contributed by atoms with E-state index in [4.69, 9.17) is 25.2 Å². The van der Waals surface area contributed by atoms with E-state index in [0.29, 0.717) is 0 Å². The van der Waals surface area contributed by atoms with Crippen LogP contribution in [0.5, 0.6) is 0 Å². The Bertz CT molecular complexity index is 163. The molecule has 6 heteroatoms. The van der Waals surface area contributed by atoms with Crippen LogP contribution in [0, 0.1) is 0 Å². The summed E-state index contributed by atoms with van der Waals surface area (Å²) in [6, 6.07) is 0. The van der Waals surface area contributed by atoms with E-state index in [1.807, 2.05) is 0 Å². The van der Waals surface area contributed by atoms with Crippen LogP contribution in [0.3, 0.4) is 0 Å². The van der Waals surface area contributed by atoms with E-state index >= 15 is 0 Å². The highest BCUT2D eigenvalue weighted by atomic mass is 16.6. The van der Waals surface area contributed by atoms with E-state index in [2.05, 4.69) is 0 Å². The van der Waals surface area contributed by atoms with Crippen LogP contribution in [0.25, 0.3) is 0 Å². The van der Waals surface area contributed by atoms with Crippen molar-refractivity contribution in [3.8, 4) is 0 Å². The maximum absolute atomic E-state index is 9.29. The predicted molar refractivity (Wildman–Crippen MR) is 40.6 cm³/mol. The molecule has 0 radical (unpaired) electrons. The van der Waals surface area contributed by atoms with E-state index in [9.17, 15) is 5.11 Å². The van der Waals surface area contributed by atoms with Crippen molar-refractivity contribution in [1.82, 2.24) is 0 Å². The molecule has 0 aromatic rings. The van der Waals surface area contributed by atoms with Crippen LogP contribution in [0.15, 0.2) is 0 Å². The van der Waals surface area contributed by atoms with Crippen LogP contribution < -0.4 is 0 Å². The van der Waals surface area contributed by atoms with Crippen LogP contribution >= 0.6 is 0 Å². The van der Waals surface area contributed by atoms with E-state index < -0.39 is 37.3 Å². The molecule has 6 nitrogen and oxygen atoms in total. The van der Waals surface area contributed by atoms with Gasteiger partial charge in [-0.05, 0) is 0 Å². The lowest BCUT2D eigenvalue weighted by atomic mass is 9.99. The molecule has 0 aromatic carbocycles. The Morgan fingerprint density at radius 3 is 2.38 bits per heavy atom. The second-order valence-corrected chi connectivity index (χ2v) is 3.11. The Kier molecular flexibility index (Phi) is 3.60. The molecule has 0 aliphatic carbocycles. The molecule has 1 aliphatic heterocycles. The van der Waals surface area contributed by atoms with Gasteiger partial charge in [-0.2, -0.15) is 0 Å². The average Bonchev–Trinajstić information content (AvgIpc) is 2.10. The van der Waals surface area contributed by atoms with E-state index in [0.717, 1.165) is 0 Å². The van der Waals surface area contributed by atoms with Gasteiger partial charge < -0.3 is 30.3 Å². The van der Waals surface area contributed by atoms with Crippen molar-refractivity contribution >= 4 is 0 Å². The highest BCUT2D eigenvalue weighted by Gasteiger charge is 2.38. The monoisotopic (exact) mass is 194 g/mol. The van der Waals surface area contributed by atoms with E-state index in [1.165, 1.54) is 0 Å². The Hall–Kier alpha value is -0.240. The van der Waals surface area contributed by atoms with Gasteiger partial charge in [0, 0.05) is 6.42 Å². The highest BCUT2D eigenvalue weighted by molar-refractivity contribution is 4.84. The maximum Gasteiger partial charge on any atom is 0.181 e. The minimum absolute atomic E-state index is 0.0805. The van der Waals surface area contributed by atoms with Gasteiger partial charge in [-0.1, -0.05) is 0 Å².